The third-order valence-corrected chi connectivity index (χ3v) is 5.06. The summed E-state index contributed by atoms with van der Waals surface area (Å²) in [7, 11) is 0. The average molecular weight is 413 g/mol. The highest BCUT2D eigenvalue weighted by Crippen LogP contribution is 2.24. The second kappa shape index (κ2) is 7.46. The Morgan fingerprint density at radius 3 is 2.54 bits per heavy atom. The fraction of sp³-hybridized carbons (Fsp3) is 0.238. The van der Waals surface area contributed by atoms with Gasteiger partial charge in [0.1, 0.15) is 0 Å². The van der Waals surface area contributed by atoms with Crippen LogP contribution in [0.3, 0.4) is 0 Å². The first-order valence-electron chi connectivity index (χ1n) is 8.49. The minimum absolute atomic E-state index is 0.0661. The molecule has 0 aliphatic rings. The van der Waals surface area contributed by atoms with E-state index in [9.17, 15) is 9.59 Å². The van der Waals surface area contributed by atoms with Crippen LogP contribution in [0.1, 0.15) is 25.0 Å². The van der Waals surface area contributed by atoms with E-state index in [0.29, 0.717) is 12.1 Å². The number of H-pyrrole nitrogens is 1. The van der Waals surface area contributed by atoms with Crippen molar-refractivity contribution in [2.75, 3.05) is 6.54 Å². The second-order valence-corrected chi connectivity index (χ2v) is 7.97. The molecule has 0 spiro atoms. The highest BCUT2D eigenvalue weighted by molar-refractivity contribution is 9.10. The van der Waals surface area contributed by atoms with E-state index in [4.69, 9.17) is 0 Å². The number of fused-ring (bicyclic) bond motifs is 1. The number of hydrogen-bond acceptors (Lipinski definition) is 2. The molecule has 2 N–H and O–H groups in total. The van der Waals surface area contributed by atoms with Crippen LogP contribution in [0.25, 0.3) is 10.9 Å². The molecule has 0 saturated carbocycles. The van der Waals surface area contributed by atoms with E-state index >= 15 is 0 Å². The molecule has 134 valence electrons. The van der Waals surface area contributed by atoms with Crippen molar-refractivity contribution in [1.29, 1.82) is 0 Å². The van der Waals surface area contributed by atoms with Crippen molar-refractivity contribution in [2.45, 2.75) is 25.7 Å². The van der Waals surface area contributed by atoms with Gasteiger partial charge in [0.05, 0.1) is 6.42 Å². The molecular weight excluding hydrogens is 392 g/mol. The molecule has 3 rings (SSSR count). The van der Waals surface area contributed by atoms with Crippen molar-refractivity contribution in [3.05, 3.63) is 80.6 Å². The van der Waals surface area contributed by atoms with Crippen molar-refractivity contribution >= 4 is 32.7 Å². The maximum Gasteiger partial charge on any atom is 0.252 e. The predicted octanol–water partition coefficient (Wildman–Crippen LogP) is 3.93. The van der Waals surface area contributed by atoms with Gasteiger partial charge in [-0.25, -0.2) is 0 Å². The van der Waals surface area contributed by atoms with Gasteiger partial charge in [-0.15, -0.1) is 0 Å². The standard InChI is InChI=1S/C21H21BrN2O2/c1-21(2,16-7-9-17(22)10-8-16)13-23-19(25)12-15-11-14-5-3-4-6-18(14)24-20(15)26/h3-11H,12-13H2,1-2H3,(H,23,25)(H,24,26). The van der Waals surface area contributed by atoms with Gasteiger partial charge in [-0.3, -0.25) is 9.59 Å². The first kappa shape index (κ1) is 18.4. The molecule has 0 saturated heterocycles. The molecule has 0 aliphatic heterocycles. The largest absolute Gasteiger partial charge is 0.355 e. The molecular formula is C21H21BrN2O2. The summed E-state index contributed by atoms with van der Waals surface area (Å²) in [6.45, 7) is 4.66. The van der Waals surface area contributed by atoms with Gasteiger partial charge in [0.25, 0.3) is 5.56 Å². The lowest BCUT2D eigenvalue weighted by Gasteiger charge is -2.25. The predicted molar refractivity (Wildman–Crippen MR) is 108 cm³/mol. The lowest BCUT2D eigenvalue weighted by atomic mass is 9.84. The highest BCUT2D eigenvalue weighted by Gasteiger charge is 2.21. The number of rotatable bonds is 5. The lowest BCUT2D eigenvalue weighted by Crippen LogP contribution is -2.38. The van der Waals surface area contributed by atoms with E-state index in [-0.39, 0.29) is 23.3 Å². The summed E-state index contributed by atoms with van der Waals surface area (Å²) >= 11 is 3.43. The van der Waals surface area contributed by atoms with Gasteiger partial charge in [0.15, 0.2) is 0 Å². The number of amides is 1. The zero-order valence-electron chi connectivity index (χ0n) is 14.8. The first-order chi connectivity index (χ1) is 12.3. The van der Waals surface area contributed by atoms with Crippen LogP contribution in [-0.2, 0) is 16.6 Å². The van der Waals surface area contributed by atoms with Gasteiger partial charge < -0.3 is 10.3 Å². The summed E-state index contributed by atoms with van der Waals surface area (Å²) in [6, 6.07) is 17.4. The van der Waals surface area contributed by atoms with Crippen molar-refractivity contribution in [2.24, 2.45) is 0 Å². The van der Waals surface area contributed by atoms with E-state index in [1.54, 1.807) is 6.07 Å². The molecule has 1 amide bonds. The highest BCUT2D eigenvalue weighted by atomic mass is 79.9. The lowest BCUT2D eigenvalue weighted by molar-refractivity contribution is -0.120. The zero-order valence-corrected chi connectivity index (χ0v) is 16.4. The Morgan fingerprint density at radius 2 is 1.81 bits per heavy atom. The Balaban J connectivity index is 1.68. The van der Waals surface area contributed by atoms with Gasteiger partial charge >= 0.3 is 0 Å². The van der Waals surface area contributed by atoms with Gasteiger partial charge in [0, 0.05) is 27.5 Å². The van der Waals surface area contributed by atoms with Crippen molar-refractivity contribution < 1.29 is 4.79 Å². The topological polar surface area (TPSA) is 62.0 Å². The number of para-hydroxylation sites is 1. The van der Waals surface area contributed by atoms with Crippen LogP contribution in [0, 0.1) is 0 Å². The molecule has 1 aromatic heterocycles. The number of hydrogen-bond donors (Lipinski definition) is 2. The van der Waals surface area contributed by atoms with Gasteiger partial charge in [-0.05, 0) is 35.2 Å². The van der Waals surface area contributed by atoms with Crippen molar-refractivity contribution in [3.63, 3.8) is 0 Å². The fourth-order valence-electron chi connectivity index (χ4n) is 2.88. The van der Waals surface area contributed by atoms with E-state index in [2.05, 4.69) is 40.1 Å². The Kier molecular flexibility index (Phi) is 5.28. The number of aromatic amines is 1. The maximum atomic E-state index is 12.4. The van der Waals surface area contributed by atoms with E-state index in [1.165, 1.54) is 0 Å². The van der Waals surface area contributed by atoms with Crippen LogP contribution in [0.5, 0.6) is 0 Å². The third-order valence-electron chi connectivity index (χ3n) is 4.53. The second-order valence-electron chi connectivity index (χ2n) is 7.06. The van der Waals surface area contributed by atoms with Gasteiger partial charge in [-0.2, -0.15) is 0 Å². The molecule has 0 unspecified atom stereocenters. The van der Waals surface area contributed by atoms with Crippen LogP contribution in [0.15, 0.2) is 63.9 Å². The number of nitrogens with one attached hydrogen (secondary N) is 2. The molecule has 26 heavy (non-hydrogen) atoms. The Labute approximate surface area is 160 Å². The fourth-order valence-corrected chi connectivity index (χ4v) is 3.15. The minimum atomic E-state index is -0.217. The minimum Gasteiger partial charge on any atom is -0.355 e. The van der Waals surface area contributed by atoms with Gasteiger partial charge in [-0.1, -0.05) is 60.1 Å². The van der Waals surface area contributed by atoms with Crippen LogP contribution >= 0.6 is 15.9 Å². The molecule has 0 atom stereocenters. The molecule has 0 radical (unpaired) electrons. The Morgan fingerprint density at radius 1 is 1.12 bits per heavy atom. The Bertz CT molecular complexity index is 991. The molecule has 0 bridgehead atoms. The van der Waals surface area contributed by atoms with Crippen LogP contribution in [-0.4, -0.2) is 17.4 Å². The monoisotopic (exact) mass is 412 g/mol. The molecule has 1 heterocycles. The normalized spacial score (nSPS) is 11.5. The van der Waals surface area contributed by atoms with Crippen LogP contribution < -0.4 is 10.9 Å². The van der Waals surface area contributed by atoms with Crippen LogP contribution in [0.2, 0.25) is 0 Å². The smallest absolute Gasteiger partial charge is 0.252 e. The number of benzene rings is 2. The summed E-state index contributed by atoms with van der Waals surface area (Å²) < 4.78 is 1.02. The Hall–Kier alpha value is -2.40. The number of carbonyl (C=O) groups is 1. The summed E-state index contributed by atoms with van der Waals surface area (Å²) in [6.07, 6.45) is 0.0661. The summed E-state index contributed by atoms with van der Waals surface area (Å²) in [4.78, 5) is 27.4. The van der Waals surface area contributed by atoms with Crippen molar-refractivity contribution in [3.8, 4) is 0 Å². The third kappa shape index (κ3) is 4.22. The quantitative estimate of drug-likeness (QED) is 0.666. The molecule has 2 aromatic carbocycles. The summed E-state index contributed by atoms with van der Waals surface area (Å²) in [5.41, 5.74) is 1.97. The molecule has 4 nitrogen and oxygen atoms in total. The average Bonchev–Trinajstić information content (AvgIpc) is 2.61. The van der Waals surface area contributed by atoms with Crippen LogP contribution in [0.4, 0.5) is 0 Å². The number of halogens is 1. The SMILES string of the molecule is CC(C)(CNC(=O)Cc1cc2ccccc2[nH]c1=O)c1ccc(Br)cc1. The molecule has 0 aliphatic carbocycles. The van der Waals surface area contributed by atoms with E-state index < -0.39 is 0 Å². The molecule has 5 heteroatoms. The zero-order chi connectivity index (χ0) is 18.7. The van der Waals surface area contributed by atoms with E-state index in [0.717, 1.165) is 20.9 Å². The van der Waals surface area contributed by atoms with Crippen molar-refractivity contribution in [1.82, 2.24) is 10.3 Å². The summed E-state index contributed by atoms with van der Waals surface area (Å²) in [5, 5.41) is 3.88. The first-order valence-corrected chi connectivity index (χ1v) is 9.28. The number of carbonyl (C=O) groups excluding carboxylic acids is 1. The number of aromatic nitrogens is 1. The maximum absolute atomic E-state index is 12.4. The number of pyridine rings is 1. The summed E-state index contributed by atoms with van der Waals surface area (Å²) in [5.74, 6) is -0.157. The van der Waals surface area contributed by atoms with Gasteiger partial charge in [0.2, 0.25) is 5.91 Å². The van der Waals surface area contributed by atoms with E-state index in [1.807, 2.05) is 48.5 Å². The molecule has 3 aromatic rings. The molecule has 0 fully saturated rings.